The van der Waals surface area contributed by atoms with E-state index in [0.717, 1.165) is 26.9 Å². The van der Waals surface area contributed by atoms with Crippen molar-refractivity contribution in [1.82, 2.24) is 4.90 Å². The molecule has 0 aromatic heterocycles. The van der Waals surface area contributed by atoms with Crippen LogP contribution in [0.4, 0.5) is 0 Å². The molecule has 0 fully saturated rings. The largest absolute Gasteiger partial charge is 0.430 e. The molecule has 0 N–H and O–H groups in total. The van der Waals surface area contributed by atoms with Crippen molar-refractivity contribution >= 4 is 62.6 Å². The van der Waals surface area contributed by atoms with Gasteiger partial charge < -0.3 is 9.64 Å². The molecule has 0 aliphatic rings. The molecule has 98 valence electrons. The van der Waals surface area contributed by atoms with Gasteiger partial charge in [-0.1, -0.05) is 12.2 Å². The number of nitrogens with zero attached hydrogens (tertiary/aromatic N) is 1. The van der Waals surface area contributed by atoms with E-state index >= 15 is 0 Å². The van der Waals surface area contributed by atoms with E-state index in [2.05, 4.69) is 63.9 Å². The van der Waals surface area contributed by atoms with Gasteiger partial charge in [0.2, 0.25) is 0 Å². The third-order valence-corrected chi connectivity index (χ3v) is 4.00. The van der Waals surface area contributed by atoms with Gasteiger partial charge in [-0.05, 0) is 82.9 Å². The van der Waals surface area contributed by atoms with Gasteiger partial charge >= 0.3 is 0 Å². The van der Waals surface area contributed by atoms with Gasteiger partial charge in [0.05, 0.1) is 3.57 Å². The number of allylic oxidation sites excluding steroid dienone is 1. The maximum Gasteiger partial charge on any atom is 0.264 e. The Morgan fingerprint density at radius 3 is 2.50 bits per heavy atom. The molecule has 1 aromatic carbocycles. The lowest BCUT2D eigenvalue weighted by Gasteiger charge is -2.18. The van der Waals surface area contributed by atoms with E-state index in [1.807, 2.05) is 21.0 Å². The number of thiocarbonyl (C=S) groups is 1. The van der Waals surface area contributed by atoms with Crippen LogP contribution in [0.15, 0.2) is 24.3 Å². The van der Waals surface area contributed by atoms with E-state index in [4.69, 9.17) is 17.0 Å². The van der Waals surface area contributed by atoms with Gasteiger partial charge in [0.15, 0.2) is 0 Å². The van der Waals surface area contributed by atoms with Crippen molar-refractivity contribution in [2.45, 2.75) is 13.3 Å². The fraction of sp³-hybridized carbons (Fsp3) is 0.308. The van der Waals surface area contributed by atoms with Gasteiger partial charge in [-0.15, -0.1) is 0 Å². The average Bonchev–Trinajstić information content (AvgIpc) is 2.21. The fourth-order valence-corrected chi connectivity index (χ4v) is 3.52. The summed E-state index contributed by atoms with van der Waals surface area (Å²) in [5.41, 5.74) is 2.23. The van der Waals surface area contributed by atoms with Gasteiger partial charge in [-0.2, -0.15) is 0 Å². The zero-order valence-electron chi connectivity index (χ0n) is 10.6. The zero-order valence-corrected chi connectivity index (χ0v) is 15.7. The predicted molar refractivity (Wildman–Crippen MR) is 97.3 cm³/mol. The Morgan fingerprint density at radius 1 is 1.39 bits per heavy atom. The van der Waals surface area contributed by atoms with Crippen molar-refractivity contribution in [1.29, 1.82) is 0 Å². The molecule has 0 spiro atoms. The predicted octanol–water partition coefficient (Wildman–Crippen LogP) is 4.24. The first kappa shape index (κ1) is 16.2. The standard InChI is InChI=1S/C13H15I2NOS/c1-8(2)5-9-6-10(14)7-11(15)12(9)17-13(18)16(3)4/h6-7H,1,5H2,2-4H3. The number of halogens is 2. The number of hydrogen-bond acceptors (Lipinski definition) is 2. The quantitative estimate of drug-likeness (QED) is 0.360. The van der Waals surface area contributed by atoms with Crippen LogP contribution in [0.1, 0.15) is 12.5 Å². The summed E-state index contributed by atoms with van der Waals surface area (Å²) in [7, 11) is 3.75. The molecule has 0 saturated carbocycles. The van der Waals surface area contributed by atoms with Crippen molar-refractivity contribution in [3.63, 3.8) is 0 Å². The number of rotatable bonds is 3. The van der Waals surface area contributed by atoms with Crippen molar-refractivity contribution in [2.24, 2.45) is 0 Å². The third-order valence-electron chi connectivity index (χ3n) is 2.13. The molecule has 0 aliphatic heterocycles. The minimum atomic E-state index is 0.470. The van der Waals surface area contributed by atoms with Crippen LogP contribution in [-0.2, 0) is 6.42 Å². The highest BCUT2D eigenvalue weighted by molar-refractivity contribution is 14.1. The fourth-order valence-electron chi connectivity index (χ4n) is 1.36. The van der Waals surface area contributed by atoms with Crippen molar-refractivity contribution in [3.8, 4) is 5.75 Å². The molecule has 0 saturated heterocycles. The summed E-state index contributed by atoms with van der Waals surface area (Å²) in [5, 5.41) is 0.470. The second-order valence-corrected chi connectivity index (χ2v) is 7.03. The van der Waals surface area contributed by atoms with Crippen LogP contribution in [-0.4, -0.2) is 24.2 Å². The van der Waals surface area contributed by atoms with E-state index in [9.17, 15) is 0 Å². The lowest BCUT2D eigenvalue weighted by Crippen LogP contribution is -2.25. The summed E-state index contributed by atoms with van der Waals surface area (Å²) in [4.78, 5) is 1.79. The Hall–Kier alpha value is 0.110. The molecule has 18 heavy (non-hydrogen) atoms. The van der Waals surface area contributed by atoms with E-state index < -0.39 is 0 Å². The Morgan fingerprint density at radius 2 is 2.00 bits per heavy atom. The molecular formula is C13H15I2NOS. The second kappa shape index (κ2) is 7.04. The molecule has 0 radical (unpaired) electrons. The van der Waals surface area contributed by atoms with Crippen molar-refractivity contribution in [3.05, 3.63) is 37.0 Å². The highest BCUT2D eigenvalue weighted by atomic mass is 127. The first-order chi connectivity index (χ1) is 8.31. The van der Waals surface area contributed by atoms with Crippen LogP contribution in [0.5, 0.6) is 5.75 Å². The molecule has 0 heterocycles. The lowest BCUT2D eigenvalue weighted by molar-refractivity contribution is 0.444. The van der Waals surface area contributed by atoms with Crippen LogP contribution in [0.2, 0.25) is 0 Å². The molecule has 1 rings (SSSR count). The highest BCUT2D eigenvalue weighted by Gasteiger charge is 2.13. The smallest absolute Gasteiger partial charge is 0.264 e. The van der Waals surface area contributed by atoms with Crippen LogP contribution in [0.25, 0.3) is 0 Å². The number of ether oxygens (including phenoxy) is 1. The van der Waals surface area contributed by atoms with E-state index in [1.165, 1.54) is 3.57 Å². The zero-order chi connectivity index (χ0) is 13.9. The molecule has 0 aliphatic carbocycles. The highest BCUT2D eigenvalue weighted by Crippen LogP contribution is 2.30. The Bertz CT molecular complexity index is 486. The Labute approximate surface area is 141 Å². The molecule has 2 nitrogen and oxygen atoms in total. The minimum Gasteiger partial charge on any atom is -0.430 e. The first-order valence-corrected chi connectivity index (χ1v) is 7.89. The molecule has 0 bridgehead atoms. The SMILES string of the molecule is C=C(C)Cc1cc(I)cc(I)c1OC(=S)N(C)C. The average molecular weight is 487 g/mol. The Balaban J connectivity index is 3.15. The van der Waals surface area contributed by atoms with Gasteiger partial charge in [-0.3, -0.25) is 0 Å². The van der Waals surface area contributed by atoms with Crippen LogP contribution in [0.3, 0.4) is 0 Å². The maximum atomic E-state index is 5.80. The Kier molecular flexibility index (Phi) is 6.32. The third kappa shape index (κ3) is 4.65. The van der Waals surface area contributed by atoms with E-state index in [1.54, 1.807) is 4.90 Å². The summed E-state index contributed by atoms with van der Waals surface area (Å²) in [5.74, 6) is 0.845. The lowest BCUT2D eigenvalue weighted by atomic mass is 10.1. The minimum absolute atomic E-state index is 0.470. The summed E-state index contributed by atoms with van der Waals surface area (Å²) in [6, 6.07) is 4.20. The maximum absolute atomic E-state index is 5.80. The summed E-state index contributed by atoms with van der Waals surface area (Å²) in [6.07, 6.45) is 0.804. The molecule has 0 unspecified atom stereocenters. The second-order valence-electron chi connectivity index (χ2n) is 4.27. The monoisotopic (exact) mass is 487 g/mol. The van der Waals surface area contributed by atoms with Crippen LogP contribution >= 0.6 is 57.4 Å². The van der Waals surface area contributed by atoms with Gasteiger partial charge in [-0.25, -0.2) is 0 Å². The normalized spacial score (nSPS) is 10.1. The molecule has 1 aromatic rings. The van der Waals surface area contributed by atoms with Crippen LogP contribution in [0, 0.1) is 7.14 Å². The molecule has 0 atom stereocenters. The van der Waals surface area contributed by atoms with Gasteiger partial charge in [0.25, 0.3) is 5.17 Å². The van der Waals surface area contributed by atoms with Crippen molar-refractivity contribution in [2.75, 3.05) is 14.1 Å². The summed E-state index contributed by atoms with van der Waals surface area (Å²) >= 11 is 9.79. The molecule has 5 heteroatoms. The van der Waals surface area contributed by atoms with Gasteiger partial charge in [0.1, 0.15) is 5.75 Å². The van der Waals surface area contributed by atoms with Crippen LogP contribution < -0.4 is 4.74 Å². The number of benzene rings is 1. The van der Waals surface area contributed by atoms with E-state index in [0.29, 0.717) is 5.17 Å². The van der Waals surface area contributed by atoms with Crippen molar-refractivity contribution < 1.29 is 4.74 Å². The topological polar surface area (TPSA) is 12.5 Å². The number of hydrogen-bond donors (Lipinski definition) is 0. The molecule has 0 amide bonds. The summed E-state index contributed by atoms with van der Waals surface area (Å²) in [6.45, 7) is 5.98. The summed E-state index contributed by atoms with van der Waals surface area (Å²) < 4.78 is 8.06. The van der Waals surface area contributed by atoms with E-state index in [-0.39, 0.29) is 0 Å². The molecular weight excluding hydrogens is 472 g/mol. The van der Waals surface area contributed by atoms with Gasteiger partial charge in [0, 0.05) is 23.2 Å². The first-order valence-electron chi connectivity index (χ1n) is 5.32.